The molecule has 27 heavy (non-hydrogen) atoms. The van der Waals surface area contributed by atoms with Crippen LogP contribution in [-0.2, 0) is 11.2 Å². The van der Waals surface area contributed by atoms with Crippen LogP contribution in [0.1, 0.15) is 17.5 Å². The van der Waals surface area contributed by atoms with Crippen LogP contribution in [-0.4, -0.2) is 33.9 Å². The fourth-order valence-electron chi connectivity index (χ4n) is 2.75. The van der Waals surface area contributed by atoms with Crippen LogP contribution in [0, 0.1) is 0 Å². The van der Waals surface area contributed by atoms with E-state index in [1.807, 2.05) is 18.2 Å². The highest BCUT2D eigenvalue weighted by molar-refractivity contribution is 9.10. The third-order valence-corrected chi connectivity index (χ3v) is 6.21. The summed E-state index contributed by atoms with van der Waals surface area (Å²) in [6, 6.07) is 13.4. The molecule has 0 spiro atoms. The third-order valence-electron chi connectivity index (χ3n) is 4.15. The Balaban J connectivity index is 1.71. The fraction of sp³-hybridized carbons (Fsp3) is 0.200. The lowest BCUT2D eigenvalue weighted by Gasteiger charge is -2.14. The summed E-state index contributed by atoms with van der Waals surface area (Å²) in [5.41, 5.74) is 1.99. The van der Waals surface area contributed by atoms with E-state index in [9.17, 15) is 9.90 Å². The second-order valence-corrected chi connectivity index (χ2v) is 8.50. The van der Waals surface area contributed by atoms with Gasteiger partial charge in [-0.25, -0.2) is 0 Å². The Morgan fingerprint density at radius 3 is 2.74 bits per heavy atom. The van der Waals surface area contributed by atoms with E-state index in [4.69, 9.17) is 17.0 Å². The Labute approximate surface area is 176 Å². The van der Waals surface area contributed by atoms with Crippen molar-refractivity contribution in [1.29, 1.82) is 0 Å². The van der Waals surface area contributed by atoms with Crippen LogP contribution in [0.4, 0.5) is 0 Å². The van der Waals surface area contributed by atoms with E-state index in [1.165, 1.54) is 24.4 Å². The number of carbonyl (C=O) groups excluding carboxylic acids is 1. The molecule has 4 nitrogen and oxygen atoms in total. The Morgan fingerprint density at radius 2 is 2.04 bits per heavy atom. The molecule has 2 aromatic rings. The van der Waals surface area contributed by atoms with Crippen LogP contribution in [0.2, 0.25) is 0 Å². The van der Waals surface area contributed by atoms with Gasteiger partial charge in [-0.05, 0) is 42.2 Å². The zero-order chi connectivity index (χ0) is 19.4. The Hall–Kier alpha value is -1.83. The largest absolute Gasteiger partial charge is 0.504 e. The average Bonchev–Trinajstić information content (AvgIpc) is 2.92. The third kappa shape index (κ3) is 4.72. The first-order valence-corrected chi connectivity index (χ1v) is 10.4. The number of carbonyl (C=O) groups is 1. The van der Waals surface area contributed by atoms with Gasteiger partial charge in [0.25, 0.3) is 5.91 Å². The molecule has 1 heterocycles. The van der Waals surface area contributed by atoms with Crippen LogP contribution >= 0.6 is 39.9 Å². The van der Waals surface area contributed by atoms with Gasteiger partial charge in [0, 0.05) is 11.0 Å². The normalized spacial score (nSPS) is 15.6. The molecule has 7 heteroatoms. The molecule has 1 saturated heterocycles. The molecule has 0 atom stereocenters. The quantitative estimate of drug-likeness (QED) is 0.482. The average molecular weight is 464 g/mol. The van der Waals surface area contributed by atoms with Gasteiger partial charge in [-0.15, -0.1) is 0 Å². The monoisotopic (exact) mass is 463 g/mol. The van der Waals surface area contributed by atoms with Gasteiger partial charge in [-0.3, -0.25) is 9.69 Å². The topological polar surface area (TPSA) is 49.8 Å². The number of nitrogens with zero attached hydrogens (tertiary/aromatic N) is 1. The van der Waals surface area contributed by atoms with Crippen molar-refractivity contribution in [3.05, 3.63) is 63.0 Å². The number of rotatable bonds is 6. The molecule has 2 aromatic carbocycles. The molecule has 1 fully saturated rings. The van der Waals surface area contributed by atoms with Crippen LogP contribution < -0.4 is 4.74 Å². The van der Waals surface area contributed by atoms with Gasteiger partial charge in [0.1, 0.15) is 4.32 Å². The summed E-state index contributed by atoms with van der Waals surface area (Å²) >= 11 is 10.1. The summed E-state index contributed by atoms with van der Waals surface area (Å²) in [5, 5.41) is 9.83. The van der Waals surface area contributed by atoms with E-state index >= 15 is 0 Å². The number of phenolic OH excluding ortho intramolecular Hbond substituents is 1. The molecule has 1 amide bonds. The van der Waals surface area contributed by atoms with Crippen molar-refractivity contribution < 1.29 is 14.6 Å². The second kappa shape index (κ2) is 8.91. The zero-order valence-corrected chi connectivity index (χ0v) is 17.9. The van der Waals surface area contributed by atoms with E-state index in [1.54, 1.807) is 23.1 Å². The van der Waals surface area contributed by atoms with Crippen molar-refractivity contribution in [3.8, 4) is 11.5 Å². The van der Waals surface area contributed by atoms with E-state index in [-0.39, 0.29) is 11.7 Å². The minimum atomic E-state index is -0.0861. The van der Waals surface area contributed by atoms with Gasteiger partial charge < -0.3 is 9.84 Å². The Morgan fingerprint density at radius 1 is 1.30 bits per heavy atom. The highest BCUT2D eigenvalue weighted by Gasteiger charge is 2.31. The first-order valence-electron chi connectivity index (χ1n) is 8.35. The Kier molecular flexibility index (Phi) is 6.57. The number of benzene rings is 2. The molecule has 3 rings (SSSR count). The minimum Gasteiger partial charge on any atom is -0.504 e. The van der Waals surface area contributed by atoms with Crippen LogP contribution in [0.5, 0.6) is 11.5 Å². The maximum absolute atomic E-state index is 12.7. The highest BCUT2D eigenvalue weighted by atomic mass is 79.9. The summed E-state index contributed by atoms with van der Waals surface area (Å²) < 4.78 is 6.39. The second-order valence-electron chi connectivity index (χ2n) is 5.97. The fourth-order valence-corrected chi connectivity index (χ4v) is 4.50. The number of thiocarbonyl (C=S) groups is 1. The molecule has 0 aromatic heterocycles. The molecular formula is C20H18BrNO3S2. The standard InChI is InChI=1S/C20H18BrNO3S2/c1-25-17-10-14(15(21)12-16(17)23)11-18-19(24)22(20(26)27-18)9-5-8-13-6-3-2-4-7-13/h2-4,6-7,10-12,23H,5,8-9H2,1H3/b18-11-. The molecular weight excluding hydrogens is 446 g/mol. The first kappa shape index (κ1) is 19.9. The molecule has 0 radical (unpaired) electrons. The summed E-state index contributed by atoms with van der Waals surface area (Å²) in [6.07, 6.45) is 3.51. The summed E-state index contributed by atoms with van der Waals surface area (Å²) in [5.74, 6) is 0.301. The molecule has 1 aliphatic rings. The number of amides is 1. The van der Waals surface area contributed by atoms with E-state index in [2.05, 4.69) is 28.1 Å². The SMILES string of the molecule is COc1cc(/C=C2\SC(=S)N(CCCc3ccccc3)C2=O)c(Br)cc1O. The van der Waals surface area contributed by atoms with Crippen LogP contribution in [0.3, 0.4) is 0 Å². The number of hydrogen-bond donors (Lipinski definition) is 1. The van der Waals surface area contributed by atoms with Gasteiger partial charge in [0.2, 0.25) is 0 Å². The van der Waals surface area contributed by atoms with Gasteiger partial charge >= 0.3 is 0 Å². The van der Waals surface area contributed by atoms with Crippen molar-refractivity contribution in [1.82, 2.24) is 4.90 Å². The first-order chi connectivity index (χ1) is 13.0. The zero-order valence-electron chi connectivity index (χ0n) is 14.6. The van der Waals surface area contributed by atoms with E-state index in [0.29, 0.717) is 26.0 Å². The van der Waals surface area contributed by atoms with Gasteiger partial charge in [-0.1, -0.05) is 70.2 Å². The number of thioether (sulfide) groups is 1. The number of methoxy groups -OCH3 is 1. The molecule has 0 aliphatic carbocycles. The molecule has 0 bridgehead atoms. The van der Waals surface area contributed by atoms with Crippen molar-refractivity contribution in [2.45, 2.75) is 12.8 Å². The number of hydrogen-bond acceptors (Lipinski definition) is 5. The molecule has 0 saturated carbocycles. The number of aromatic hydroxyl groups is 1. The lowest BCUT2D eigenvalue weighted by Crippen LogP contribution is -2.29. The highest BCUT2D eigenvalue weighted by Crippen LogP contribution is 2.37. The predicted molar refractivity (Wildman–Crippen MR) is 117 cm³/mol. The molecule has 1 N–H and O–H groups in total. The molecule has 140 valence electrons. The minimum absolute atomic E-state index is 0.0370. The smallest absolute Gasteiger partial charge is 0.266 e. The maximum atomic E-state index is 12.7. The number of halogens is 1. The summed E-state index contributed by atoms with van der Waals surface area (Å²) in [6.45, 7) is 0.594. The summed E-state index contributed by atoms with van der Waals surface area (Å²) in [7, 11) is 1.49. The van der Waals surface area contributed by atoms with Crippen LogP contribution in [0.15, 0.2) is 51.8 Å². The molecule has 0 unspecified atom stereocenters. The van der Waals surface area contributed by atoms with Gasteiger partial charge in [0.15, 0.2) is 11.5 Å². The Bertz CT molecular complexity index is 900. The van der Waals surface area contributed by atoms with Crippen LogP contribution in [0.25, 0.3) is 6.08 Å². The lowest BCUT2D eigenvalue weighted by atomic mass is 10.1. The molecule has 1 aliphatic heterocycles. The predicted octanol–water partition coefficient (Wildman–Crippen LogP) is 5.00. The number of ether oxygens (including phenoxy) is 1. The van der Waals surface area contributed by atoms with Crippen molar-refractivity contribution in [2.75, 3.05) is 13.7 Å². The van der Waals surface area contributed by atoms with Gasteiger partial charge in [0.05, 0.1) is 12.0 Å². The van der Waals surface area contributed by atoms with E-state index < -0.39 is 0 Å². The van der Waals surface area contributed by atoms with Crippen molar-refractivity contribution in [2.24, 2.45) is 0 Å². The van der Waals surface area contributed by atoms with Crippen molar-refractivity contribution >= 4 is 56.2 Å². The number of aryl methyl sites for hydroxylation is 1. The van der Waals surface area contributed by atoms with Gasteiger partial charge in [-0.2, -0.15) is 0 Å². The van der Waals surface area contributed by atoms with Crippen molar-refractivity contribution in [3.63, 3.8) is 0 Å². The maximum Gasteiger partial charge on any atom is 0.266 e. The van der Waals surface area contributed by atoms with E-state index in [0.717, 1.165) is 18.4 Å². The summed E-state index contributed by atoms with van der Waals surface area (Å²) in [4.78, 5) is 15.0. The number of phenols is 1. The lowest BCUT2D eigenvalue weighted by molar-refractivity contribution is -0.122.